The molecule has 0 spiro atoms. The van der Waals surface area contributed by atoms with E-state index in [4.69, 9.17) is 0 Å². The number of hydrogen-bond acceptors (Lipinski definition) is 2. The molecule has 0 bridgehead atoms. The predicted octanol–water partition coefficient (Wildman–Crippen LogP) is 1.81. The Balaban J connectivity index is 2.43. The first kappa shape index (κ1) is 8.75. The van der Waals surface area contributed by atoms with E-state index in [2.05, 4.69) is 0 Å². The zero-order valence-electron chi connectivity index (χ0n) is 7.45. The van der Waals surface area contributed by atoms with Crippen molar-refractivity contribution in [3.63, 3.8) is 0 Å². The van der Waals surface area contributed by atoms with Gasteiger partial charge in [0.15, 0.2) is 9.84 Å². The van der Waals surface area contributed by atoms with E-state index in [0.29, 0.717) is 4.90 Å². The maximum Gasteiger partial charge on any atom is 0.175 e. The van der Waals surface area contributed by atoms with Gasteiger partial charge in [-0.1, -0.05) is 12.1 Å². The van der Waals surface area contributed by atoms with Gasteiger partial charge in [0.05, 0.1) is 4.90 Å². The summed E-state index contributed by atoms with van der Waals surface area (Å²) in [6, 6.07) is 7.17. The summed E-state index contributed by atoms with van der Waals surface area (Å²) in [7, 11) is -3.04. The van der Waals surface area contributed by atoms with Gasteiger partial charge in [-0.25, -0.2) is 8.42 Å². The molecule has 0 N–H and O–H groups in total. The van der Waals surface area contributed by atoms with Gasteiger partial charge in [0.2, 0.25) is 0 Å². The number of rotatable bonds is 2. The number of sulfone groups is 1. The van der Waals surface area contributed by atoms with Gasteiger partial charge in [-0.3, -0.25) is 0 Å². The van der Waals surface area contributed by atoms with Crippen LogP contribution in [-0.4, -0.2) is 14.7 Å². The lowest BCUT2D eigenvalue weighted by molar-refractivity contribution is 0.602. The summed E-state index contributed by atoms with van der Waals surface area (Å²) in [4.78, 5) is 0.421. The molecule has 0 unspecified atom stereocenters. The highest BCUT2D eigenvalue weighted by Gasteiger charge is 2.24. The van der Waals surface area contributed by atoms with Crippen LogP contribution in [0.2, 0.25) is 0 Å². The summed E-state index contributed by atoms with van der Waals surface area (Å²) in [5.41, 5.74) is 1.09. The van der Waals surface area contributed by atoms with Crippen molar-refractivity contribution in [3.8, 4) is 0 Å². The van der Waals surface area contributed by atoms with E-state index in [1.165, 1.54) is 12.2 Å². The van der Waals surface area contributed by atoms with Crippen LogP contribution in [0.5, 0.6) is 0 Å². The molecule has 3 heteroatoms. The van der Waals surface area contributed by atoms with Crippen LogP contribution >= 0.6 is 0 Å². The summed E-state index contributed by atoms with van der Waals surface area (Å²) < 4.78 is 22.4. The Hall–Kier alpha value is -0.830. The van der Waals surface area contributed by atoms with Crippen LogP contribution in [0.25, 0.3) is 0 Å². The van der Waals surface area contributed by atoms with Gasteiger partial charge >= 0.3 is 0 Å². The highest BCUT2D eigenvalue weighted by atomic mass is 32.2. The second kappa shape index (κ2) is 2.84. The first-order chi connectivity index (χ1) is 6.07. The minimum atomic E-state index is -3.04. The quantitative estimate of drug-likeness (QED) is 0.721. The van der Waals surface area contributed by atoms with E-state index in [1.54, 1.807) is 18.2 Å². The Morgan fingerprint density at radius 2 is 1.92 bits per heavy atom. The van der Waals surface area contributed by atoms with Gasteiger partial charge in [0, 0.05) is 12.2 Å². The Kier molecular flexibility index (Phi) is 1.91. The second-order valence-electron chi connectivity index (χ2n) is 3.40. The molecule has 69 valence electrons. The largest absolute Gasteiger partial charge is 0.224 e. The molecule has 1 aromatic rings. The van der Waals surface area contributed by atoms with E-state index in [1.807, 2.05) is 6.07 Å². The molecule has 1 fully saturated rings. The summed E-state index contributed by atoms with van der Waals surface area (Å²) >= 11 is 0. The zero-order chi connectivity index (χ0) is 9.47. The van der Waals surface area contributed by atoms with Crippen LogP contribution in [0.15, 0.2) is 29.2 Å². The molecular formula is C10H11O2S. The smallest absolute Gasteiger partial charge is 0.175 e. The average molecular weight is 195 g/mol. The summed E-state index contributed by atoms with van der Waals surface area (Å²) in [6.07, 6.45) is 3.48. The molecule has 2 rings (SSSR count). The van der Waals surface area contributed by atoms with Crippen LogP contribution in [0.4, 0.5) is 0 Å². The third-order valence-corrected chi connectivity index (χ3v) is 3.28. The molecule has 0 saturated heterocycles. The molecule has 0 aromatic heterocycles. The van der Waals surface area contributed by atoms with Gasteiger partial charge in [0.25, 0.3) is 0 Å². The van der Waals surface area contributed by atoms with Crippen molar-refractivity contribution in [3.05, 3.63) is 35.7 Å². The van der Waals surface area contributed by atoms with Crippen LogP contribution in [0.3, 0.4) is 0 Å². The molecule has 13 heavy (non-hydrogen) atoms. The summed E-state index contributed by atoms with van der Waals surface area (Å²) in [5, 5.41) is 0. The summed E-state index contributed by atoms with van der Waals surface area (Å²) in [6.45, 7) is 0. The first-order valence-corrected chi connectivity index (χ1v) is 6.12. The van der Waals surface area contributed by atoms with Gasteiger partial charge in [-0.05, 0) is 30.5 Å². The highest BCUT2D eigenvalue weighted by molar-refractivity contribution is 7.90. The third kappa shape index (κ3) is 1.91. The predicted molar refractivity (Wildman–Crippen MR) is 51.1 cm³/mol. The third-order valence-electron chi connectivity index (χ3n) is 2.17. The fourth-order valence-electron chi connectivity index (χ4n) is 1.30. The molecule has 2 nitrogen and oxygen atoms in total. The van der Waals surface area contributed by atoms with Gasteiger partial charge < -0.3 is 0 Å². The van der Waals surface area contributed by atoms with E-state index in [9.17, 15) is 8.42 Å². The Labute approximate surface area is 78.5 Å². The van der Waals surface area contributed by atoms with Crippen LogP contribution in [-0.2, 0) is 9.84 Å². The molecule has 1 aromatic carbocycles. The fourth-order valence-corrected chi connectivity index (χ4v) is 1.96. The SMILES string of the molecule is CS(=O)(=O)c1cccc([C]2CC2)c1. The molecular weight excluding hydrogens is 184 g/mol. The first-order valence-electron chi connectivity index (χ1n) is 4.22. The normalized spacial score (nSPS) is 17.3. The van der Waals surface area contributed by atoms with Crippen molar-refractivity contribution >= 4 is 9.84 Å². The van der Waals surface area contributed by atoms with Crippen molar-refractivity contribution < 1.29 is 8.42 Å². The zero-order valence-corrected chi connectivity index (χ0v) is 8.26. The van der Waals surface area contributed by atoms with Crippen LogP contribution in [0.1, 0.15) is 18.4 Å². The molecule has 1 aliphatic carbocycles. The number of benzene rings is 1. The topological polar surface area (TPSA) is 34.1 Å². The lowest BCUT2D eigenvalue weighted by atomic mass is 10.1. The molecule has 0 heterocycles. The van der Waals surface area contributed by atoms with E-state index >= 15 is 0 Å². The van der Waals surface area contributed by atoms with Crippen molar-refractivity contribution in [2.24, 2.45) is 0 Å². The number of hydrogen-bond donors (Lipinski definition) is 0. The van der Waals surface area contributed by atoms with Gasteiger partial charge in [-0.2, -0.15) is 0 Å². The molecule has 0 atom stereocenters. The Morgan fingerprint density at radius 3 is 2.46 bits per heavy atom. The molecule has 1 radical (unpaired) electrons. The van der Waals surface area contributed by atoms with Crippen molar-refractivity contribution in [1.29, 1.82) is 0 Å². The van der Waals surface area contributed by atoms with Crippen LogP contribution in [0, 0.1) is 5.92 Å². The Bertz CT molecular complexity index is 416. The van der Waals surface area contributed by atoms with Crippen molar-refractivity contribution in [2.75, 3.05) is 6.26 Å². The lowest BCUT2D eigenvalue weighted by Crippen LogP contribution is -1.97. The lowest BCUT2D eigenvalue weighted by Gasteiger charge is -2.00. The maximum absolute atomic E-state index is 11.2. The Morgan fingerprint density at radius 1 is 1.23 bits per heavy atom. The van der Waals surface area contributed by atoms with Gasteiger partial charge in [-0.15, -0.1) is 0 Å². The van der Waals surface area contributed by atoms with Crippen molar-refractivity contribution in [1.82, 2.24) is 0 Å². The maximum atomic E-state index is 11.2. The molecule has 1 saturated carbocycles. The average Bonchev–Trinajstić information content (AvgIpc) is 2.85. The minimum absolute atomic E-state index is 0.421. The summed E-state index contributed by atoms with van der Waals surface area (Å²) in [5.74, 6) is 1.37. The minimum Gasteiger partial charge on any atom is -0.224 e. The molecule has 1 aliphatic rings. The van der Waals surface area contributed by atoms with Gasteiger partial charge in [0.1, 0.15) is 0 Å². The molecule has 0 amide bonds. The molecule has 0 aliphatic heterocycles. The standard InChI is InChI=1S/C10H11O2S/c1-13(11,12)10-4-2-3-9(7-10)8-5-6-8/h2-4,7H,5-6H2,1H3. The monoisotopic (exact) mass is 195 g/mol. The van der Waals surface area contributed by atoms with E-state index in [-0.39, 0.29) is 0 Å². The fraction of sp³-hybridized carbons (Fsp3) is 0.300. The second-order valence-corrected chi connectivity index (χ2v) is 5.42. The van der Waals surface area contributed by atoms with E-state index < -0.39 is 9.84 Å². The van der Waals surface area contributed by atoms with E-state index in [0.717, 1.165) is 18.4 Å². The van der Waals surface area contributed by atoms with Crippen molar-refractivity contribution in [2.45, 2.75) is 17.7 Å². The highest BCUT2D eigenvalue weighted by Crippen LogP contribution is 2.39. The van der Waals surface area contributed by atoms with Crippen LogP contribution < -0.4 is 0 Å².